The highest BCUT2D eigenvalue weighted by Gasteiger charge is 2.21. The Balaban J connectivity index is 2.11. The Hall–Kier alpha value is -2.56. The summed E-state index contributed by atoms with van der Waals surface area (Å²) in [6.45, 7) is 3.79. The van der Waals surface area contributed by atoms with E-state index < -0.39 is 11.9 Å². The van der Waals surface area contributed by atoms with Crippen LogP contribution in [0, 0.1) is 5.92 Å². The van der Waals surface area contributed by atoms with Crippen molar-refractivity contribution in [1.29, 1.82) is 0 Å². The largest absolute Gasteiger partial charge is 0.481 e. The summed E-state index contributed by atoms with van der Waals surface area (Å²) in [6, 6.07) is 11.3. The van der Waals surface area contributed by atoms with Gasteiger partial charge in [0.05, 0.1) is 5.92 Å². The maximum Gasteiger partial charge on any atom is 0.308 e. The Morgan fingerprint density at radius 1 is 1.17 bits per heavy atom. The van der Waals surface area contributed by atoms with Crippen molar-refractivity contribution in [2.45, 2.75) is 20.3 Å². The number of nitrogens with zero attached hydrogens (tertiary/aromatic N) is 1. The first kappa shape index (κ1) is 16.8. The normalized spacial score (nSPS) is 12.0. The number of amides is 1. The standard InChI is InChI=1S/C18H21NO4/c1-4-13-5-7-14(8-6-13)15-9-10-16(23-15)17(20)19(3)11-12(2)18(21)22/h5-10,12H,4,11H2,1-3H3,(H,21,22). The molecular weight excluding hydrogens is 294 g/mol. The van der Waals surface area contributed by atoms with Crippen LogP contribution in [0.1, 0.15) is 30.0 Å². The summed E-state index contributed by atoms with van der Waals surface area (Å²) in [7, 11) is 1.57. The van der Waals surface area contributed by atoms with E-state index in [9.17, 15) is 9.59 Å². The third-order valence-corrected chi connectivity index (χ3v) is 3.78. The molecule has 2 rings (SSSR count). The van der Waals surface area contributed by atoms with Gasteiger partial charge in [0.25, 0.3) is 5.91 Å². The van der Waals surface area contributed by atoms with E-state index >= 15 is 0 Å². The van der Waals surface area contributed by atoms with Gasteiger partial charge in [0, 0.05) is 19.2 Å². The summed E-state index contributed by atoms with van der Waals surface area (Å²) in [5.74, 6) is -1.05. The smallest absolute Gasteiger partial charge is 0.308 e. The highest BCUT2D eigenvalue weighted by atomic mass is 16.4. The van der Waals surface area contributed by atoms with Gasteiger partial charge in [-0.1, -0.05) is 38.1 Å². The summed E-state index contributed by atoms with van der Waals surface area (Å²) in [4.78, 5) is 24.5. The maximum absolute atomic E-state index is 12.3. The fourth-order valence-electron chi connectivity index (χ4n) is 2.27. The first-order valence-corrected chi connectivity index (χ1v) is 7.59. The minimum absolute atomic E-state index is 0.134. The minimum atomic E-state index is -0.930. The first-order chi connectivity index (χ1) is 10.9. The maximum atomic E-state index is 12.3. The Kier molecular flexibility index (Phi) is 5.21. The van der Waals surface area contributed by atoms with E-state index in [1.54, 1.807) is 26.1 Å². The molecule has 0 radical (unpaired) electrons. The molecule has 1 atom stereocenters. The fourth-order valence-corrected chi connectivity index (χ4v) is 2.27. The number of rotatable bonds is 6. The molecule has 0 bridgehead atoms. The molecule has 1 unspecified atom stereocenters. The lowest BCUT2D eigenvalue weighted by molar-refractivity contribution is -0.141. The van der Waals surface area contributed by atoms with Crippen LogP contribution < -0.4 is 0 Å². The molecule has 2 aromatic rings. The Bertz CT molecular complexity index is 687. The van der Waals surface area contributed by atoms with Gasteiger partial charge < -0.3 is 14.4 Å². The number of carbonyl (C=O) groups is 2. The SMILES string of the molecule is CCc1ccc(-c2ccc(C(=O)N(C)CC(C)C(=O)O)o2)cc1. The van der Waals surface area contributed by atoms with E-state index in [1.807, 2.05) is 24.3 Å². The van der Waals surface area contributed by atoms with Gasteiger partial charge >= 0.3 is 5.97 Å². The van der Waals surface area contributed by atoms with Gasteiger partial charge in [0.15, 0.2) is 5.76 Å². The van der Waals surface area contributed by atoms with Crippen LogP contribution in [0.15, 0.2) is 40.8 Å². The van der Waals surface area contributed by atoms with Gasteiger partial charge in [0.1, 0.15) is 5.76 Å². The van der Waals surface area contributed by atoms with Crippen LogP contribution in [0.5, 0.6) is 0 Å². The van der Waals surface area contributed by atoms with E-state index in [0.717, 1.165) is 12.0 Å². The van der Waals surface area contributed by atoms with Crippen LogP contribution in [0.4, 0.5) is 0 Å². The molecule has 1 N–H and O–H groups in total. The van der Waals surface area contributed by atoms with E-state index in [2.05, 4.69) is 6.92 Å². The predicted octanol–water partition coefficient (Wildman–Crippen LogP) is 3.30. The quantitative estimate of drug-likeness (QED) is 0.888. The number of hydrogen-bond acceptors (Lipinski definition) is 3. The second-order valence-electron chi connectivity index (χ2n) is 5.64. The van der Waals surface area contributed by atoms with E-state index in [4.69, 9.17) is 9.52 Å². The molecule has 0 aliphatic heterocycles. The van der Waals surface area contributed by atoms with E-state index in [1.165, 1.54) is 10.5 Å². The van der Waals surface area contributed by atoms with E-state index in [-0.39, 0.29) is 18.2 Å². The molecule has 0 aliphatic carbocycles. The van der Waals surface area contributed by atoms with Crippen molar-refractivity contribution in [3.63, 3.8) is 0 Å². The zero-order valence-corrected chi connectivity index (χ0v) is 13.6. The van der Waals surface area contributed by atoms with Crippen molar-refractivity contribution in [1.82, 2.24) is 4.90 Å². The molecule has 0 saturated carbocycles. The molecule has 5 nitrogen and oxygen atoms in total. The number of benzene rings is 1. The fraction of sp³-hybridized carbons (Fsp3) is 0.333. The molecule has 0 spiro atoms. The summed E-state index contributed by atoms with van der Waals surface area (Å²) in [5, 5.41) is 8.92. The number of aliphatic carboxylic acids is 1. The first-order valence-electron chi connectivity index (χ1n) is 7.59. The summed E-state index contributed by atoms with van der Waals surface area (Å²) in [6.07, 6.45) is 0.967. The van der Waals surface area contributed by atoms with Crippen LogP contribution in [0.3, 0.4) is 0 Å². The lowest BCUT2D eigenvalue weighted by Crippen LogP contribution is -2.33. The summed E-state index contributed by atoms with van der Waals surface area (Å²) < 4.78 is 5.63. The molecule has 122 valence electrons. The second-order valence-corrected chi connectivity index (χ2v) is 5.64. The Morgan fingerprint density at radius 3 is 2.39 bits per heavy atom. The molecule has 23 heavy (non-hydrogen) atoms. The lowest BCUT2D eigenvalue weighted by atomic mass is 10.1. The van der Waals surface area contributed by atoms with Crippen LogP contribution in [-0.2, 0) is 11.2 Å². The summed E-state index contributed by atoms with van der Waals surface area (Å²) in [5.41, 5.74) is 2.14. The van der Waals surface area contributed by atoms with E-state index in [0.29, 0.717) is 5.76 Å². The molecule has 0 saturated heterocycles. The van der Waals surface area contributed by atoms with Gasteiger partial charge in [-0.15, -0.1) is 0 Å². The average Bonchev–Trinajstić information content (AvgIpc) is 3.03. The van der Waals surface area contributed by atoms with Gasteiger partial charge in [-0.25, -0.2) is 0 Å². The second kappa shape index (κ2) is 7.13. The number of furan rings is 1. The van der Waals surface area contributed by atoms with Crippen LogP contribution in [-0.4, -0.2) is 35.5 Å². The zero-order valence-electron chi connectivity index (χ0n) is 13.6. The van der Waals surface area contributed by atoms with Crippen molar-refractivity contribution in [2.24, 2.45) is 5.92 Å². The van der Waals surface area contributed by atoms with Crippen LogP contribution >= 0.6 is 0 Å². The molecule has 1 aromatic carbocycles. The number of carboxylic acids is 1. The molecule has 1 heterocycles. The number of aryl methyl sites for hydroxylation is 1. The molecule has 0 aliphatic rings. The lowest BCUT2D eigenvalue weighted by Gasteiger charge is -2.18. The van der Waals surface area contributed by atoms with Crippen LogP contribution in [0.25, 0.3) is 11.3 Å². The van der Waals surface area contributed by atoms with Crippen molar-refractivity contribution < 1.29 is 19.1 Å². The topological polar surface area (TPSA) is 70.8 Å². The minimum Gasteiger partial charge on any atom is -0.481 e. The van der Waals surface area contributed by atoms with Gasteiger partial charge in [-0.2, -0.15) is 0 Å². The third-order valence-electron chi connectivity index (χ3n) is 3.78. The molecule has 5 heteroatoms. The highest BCUT2D eigenvalue weighted by molar-refractivity contribution is 5.92. The third kappa shape index (κ3) is 4.00. The Morgan fingerprint density at radius 2 is 1.83 bits per heavy atom. The number of carbonyl (C=O) groups excluding carboxylic acids is 1. The van der Waals surface area contributed by atoms with Gasteiger partial charge in [0.2, 0.25) is 0 Å². The molecular formula is C18H21NO4. The van der Waals surface area contributed by atoms with Gasteiger partial charge in [-0.05, 0) is 24.1 Å². The molecule has 0 fully saturated rings. The number of hydrogen-bond donors (Lipinski definition) is 1. The predicted molar refractivity (Wildman–Crippen MR) is 87.3 cm³/mol. The monoisotopic (exact) mass is 315 g/mol. The van der Waals surface area contributed by atoms with Crippen molar-refractivity contribution in [2.75, 3.05) is 13.6 Å². The van der Waals surface area contributed by atoms with Crippen molar-refractivity contribution in [3.05, 3.63) is 47.7 Å². The Labute approximate surface area is 135 Å². The highest BCUT2D eigenvalue weighted by Crippen LogP contribution is 2.23. The summed E-state index contributed by atoms with van der Waals surface area (Å²) >= 11 is 0. The van der Waals surface area contributed by atoms with Gasteiger partial charge in [-0.3, -0.25) is 9.59 Å². The number of carboxylic acid groups (broad SMARTS) is 1. The molecule has 1 aromatic heterocycles. The van der Waals surface area contributed by atoms with Crippen LogP contribution in [0.2, 0.25) is 0 Å². The molecule has 1 amide bonds. The average molecular weight is 315 g/mol. The van der Waals surface area contributed by atoms with Crippen molar-refractivity contribution in [3.8, 4) is 11.3 Å². The zero-order chi connectivity index (χ0) is 17.0. The van der Waals surface area contributed by atoms with Crippen molar-refractivity contribution >= 4 is 11.9 Å².